The molecule has 0 saturated heterocycles. The van der Waals surface area contributed by atoms with Crippen LogP contribution in [0.5, 0.6) is 0 Å². The number of unbranched alkanes of at least 4 members (excludes halogenated alkanes) is 1. The molecule has 0 unspecified atom stereocenters. The van der Waals surface area contributed by atoms with Crippen molar-refractivity contribution in [3.8, 4) is 0 Å². The van der Waals surface area contributed by atoms with Gasteiger partial charge in [0, 0.05) is 0 Å². The number of hydrogen-bond acceptors (Lipinski definition) is 4. The molecule has 0 saturated carbocycles. The SMILES string of the molecule is NC(=O)NOCCCCP(OC(=O)C(F)(F)F)(c1ccccc1)(c1ccccc1)c1ccccc1. The summed E-state index contributed by atoms with van der Waals surface area (Å²) < 4.78 is 47.0. The van der Waals surface area contributed by atoms with Crippen LogP contribution in [0.15, 0.2) is 91.0 Å². The molecule has 0 bridgehead atoms. The van der Waals surface area contributed by atoms with E-state index in [2.05, 4.69) is 0 Å². The first kappa shape index (κ1) is 26.2. The molecule has 35 heavy (non-hydrogen) atoms. The summed E-state index contributed by atoms with van der Waals surface area (Å²) in [7, 11) is 0. The first-order valence-electron chi connectivity index (χ1n) is 10.9. The molecule has 186 valence electrons. The number of hydrogen-bond donors (Lipinski definition) is 2. The van der Waals surface area contributed by atoms with Gasteiger partial charge in [-0.1, -0.05) is 0 Å². The van der Waals surface area contributed by atoms with Crippen molar-refractivity contribution >= 4 is 34.7 Å². The Balaban J connectivity index is 2.26. The van der Waals surface area contributed by atoms with Gasteiger partial charge in [-0.2, -0.15) is 0 Å². The molecule has 0 radical (unpaired) electrons. The van der Waals surface area contributed by atoms with Crippen LogP contribution in [-0.4, -0.2) is 30.9 Å². The van der Waals surface area contributed by atoms with Crippen LogP contribution in [0, 0.1) is 0 Å². The molecule has 6 nitrogen and oxygen atoms in total. The van der Waals surface area contributed by atoms with Gasteiger partial charge >= 0.3 is 201 Å². The third-order valence-electron chi connectivity index (χ3n) is 5.68. The van der Waals surface area contributed by atoms with Gasteiger partial charge in [0.15, 0.2) is 0 Å². The molecule has 0 atom stereocenters. The molecule has 0 aromatic heterocycles. The summed E-state index contributed by atoms with van der Waals surface area (Å²) in [6.45, 7) is -4.42. The van der Waals surface area contributed by atoms with Crippen LogP contribution in [0.25, 0.3) is 0 Å². The van der Waals surface area contributed by atoms with Crippen molar-refractivity contribution < 1.29 is 32.1 Å². The molecule has 10 heteroatoms. The normalized spacial score (nSPS) is 12.8. The molecule has 0 heterocycles. The number of carbonyl (C=O) groups is 2. The van der Waals surface area contributed by atoms with E-state index in [-0.39, 0.29) is 12.8 Å². The Morgan fingerprint density at radius 3 is 1.57 bits per heavy atom. The predicted molar refractivity (Wildman–Crippen MR) is 130 cm³/mol. The molecule has 0 spiro atoms. The number of benzene rings is 3. The Hall–Kier alpha value is -3.42. The van der Waals surface area contributed by atoms with Crippen molar-refractivity contribution in [3.63, 3.8) is 0 Å². The monoisotopic (exact) mass is 506 g/mol. The number of amides is 2. The van der Waals surface area contributed by atoms with Crippen molar-refractivity contribution in [2.75, 3.05) is 12.8 Å². The Morgan fingerprint density at radius 2 is 1.20 bits per heavy atom. The number of primary amides is 1. The molecular formula is C25H26F3N2O4P. The molecule has 2 amide bonds. The van der Waals surface area contributed by atoms with Crippen LogP contribution < -0.4 is 27.1 Å². The number of halogens is 3. The minimum atomic E-state index is -5.20. The standard InChI is InChI=1S/C25H26F3N2O4P/c26-25(27,28)23(31)34-35(20-12-4-1-5-13-20,21-14-6-2-7-15-21,22-16-8-3-9-17-22)19-11-10-18-33-30-24(29)32/h1-9,12-17H,10-11,18-19H2,(H3,29,30,32). The van der Waals surface area contributed by atoms with Crippen molar-refractivity contribution in [2.24, 2.45) is 5.73 Å². The second kappa shape index (κ2) is 10.9. The number of hydroxylamine groups is 1. The summed E-state index contributed by atoms with van der Waals surface area (Å²) in [6.07, 6.45) is -4.43. The van der Waals surface area contributed by atoms with E-state index in [9.17, 15) is 22.8 Å². The minimum absolute atomic E-state index is 0.0705. The summed E-state index contributed by atoms with van der Waals surface area (Å²) in [6, 6.07) is 24.9. The van der Waals surface area contributed by atoms with E-state index in [0.29, 0.717) is 28.8 Å². The average molecular weight is 506 g/mol. The van der Waals surface area contributed by atoms with E-state index < -0.39 is 25.0 Å². The Morgan fingerprint density at radius 1 is 0.771 bits per heavy atom. The number of alkyl halides is 3. The van der Waals surface area contributed by atoms with Gasteiger partial charge in [-0.3, -0.25) is 0 Å². The summed E-state index contributed by atoms with van der Waals surface area (Å²) in [5, 5.41) is 1.47. The van der Waals surface area contributed by atoms with Gasteiger partial charge in [-0.15, -0.1) is 0 Å². The number of urea groups is 1. The molecule has 3 aromatic carbocycles. The van der Waals surface area contributed by atoms with Crippen molar-refractivity contribution in [1.82, 2.24) is 5.48 Å². The van der Waals surface area contributed by atoms with E-state index in [1.165, 1.54) is 0 Å². The predicted octanol–water partition coefficient (Wildman–Crippen LogP) is 3.92. The van der Waals surface area contributed by atoms with Crippen LogP contribution in [0.4, 0.5) is 18.0 Å². The van der Waals surface area contributed by atoms with E-state index in [0.717, 1.165) is 0 Å². The van der Waals surface area contributed by atoms with Gasteiger partial charge in [-0.25, -0.2) is 0 Å². The Kier molecular flexibility index (Phi) is 8.14. The maximum absolute atomic E-state index is 13.7. The van der Waals surface area contributed by atoms with Crippen LogP contribution in [0.1, 0.15) is 12.8 Å². The Labute approximate surface area is 201 Å². The zero-order valence-electron chi connectivity index (χ0n) is 18.8. The van der Waals surface area contributed by atoms with E-state index in [1.807, 2.05) is 5.48 Å². The molecule has 3 rings (SSSR count). The van der Waals surface area contributed by atoms with Crippen LogP contribution in [-0.2, 0) is 14.2 Å². The molecule has 3 N–H and O–H groups in total. The summed E-state index contributed by atoms with van der Waals surface area (Å²) in [5.74, 6) is -2.25. The summed E-state index contributed by atoms with van der Waals surface area (Å²) in [5.41, 5.74) is 7.00. The first-order valence-corrected chi connectivity index (χ1v) is 13.2. The van der Waals surface area contributed by atoms with Crippen LogP contribution in [0.2, 0.25) is 0 Å². The number of nitrogens with two attached hydrogens (primary N) is 1. The zero-order valence-corrected chi connectivity index (χ0v) is 19.7. The van der Waals surface area contributed by atoms with Crippen LogP contribution in [0.3, 0.4) is 0 Å². The quantitative estimate of drug-likeness (QED) is 0.248. The van der Waals surface area contributed by atoms with Crippen molar-refractivity contribution in [3.05, 3.63) is 91.0 Å². The second-order valence-electron chi connectivity index (χ2n) is 7.84. The van der Waals surface area contributed by atoms with Gasteiger partial charge < -0.3 is 0 Å². The van der Waals surface area contributed by atoms with Gasteiger partial charge in [0.2, 0.25) is 0 Å². The van der Waals surface area contributed by atoms with Crippen LogP contribution >= 0.6 is 6.83 Å². The Bertz CT molecular complexity index is 1030. The number of rotatable bonds is 10. The van der Waals surface area contributed by atoms with E-state index in [1.54, 1.807) is 91.0 Å². The molecule has 0 fully saturated rings. The van der Waals surface area contributed by atoms with Crippen molar-refractivity contribution in [1.29, 1.82) is 0 Å². The van der Waals surface area contributed by atoms with Crippen molar-refractivity contribution in [2.45, 2.75) is 19.0 Å². The first-order chi connectivity index (χ1) is 16.7. The fourth-order valence-corrected chi connectivity index (χ4v) is 9.99. The van der Waals surface area contributed by atoms with E-state index in [4.69, 9.17) is 15.1 Å². The van der Waals surface area contributed by atoms with E-state index >= 15 is 0 Å². The molecule has 0 aliphatic carbocycles. The third-order valence-corrected chi connectivity index (χ3v) is 11.6. The summed E-state index contributed by atoms with van der Waals surface area (Å²) in [4.78, 5) is 28.5. The fourth-order valence-electron chi connectivity index (χ4n) is 4.21. The second-order valence-corrected chi connectivity index (χ2v) is 12.4. The van der Waals surface area contributed by atoms with Gasteiger partial charge in [0.25, 0.3) is 0 Å². The number of carbonyl (C=O) groups excluding carboxylic acids is 2. The molecule has 0 aliphatic heterocycles. The molecular weight excluding hydrogens is 480 g/mol. The topological polar surface area (TPSA) is 90.7 Å². The fraction of sp³-hybridized carbons (Fsp3) is 0.200. The average Bonchev–Trinajstić information content (AvgIpc) is 2.86. The number of nitrogens with one attached hydrogen (secondary N) is 1. The van der Waals surface area contributed by atoms with Gasteiger partial charge in [-0.05, 0) is 0 Å². The zero-order chi connectivity index (χ0) is 25.4. The van der Waals surface area contributed by atoms with Gasteiger partial charge in [0.05, 0.1) is 0 Å². The maximum atomic E-state index is 13.7. The van der Waals surface area contributed by atoms with Gasteiger partial charge in [0.1, 0.15) is 0 Å². The third kappa shape index (κ3) is 5.47. The molecule has 3 aromatic rings. The summed E-state index contributed by atoms with van der Waals surface area (Å²) >= 11 is 0. The molecule has 0 aliphatic rings.